The first-order valence-electron chi connectivity index (χ1n) is 23.8. The van der Waals surface area contributed by atoms with Crippen molar-refractivity contribution >= 4 is 79.4 Å². The molecule has 0 atom stereocenters. The molecule has 4 aromatic heterocycles. The molecule has 4 aromatic rings. The van der Waals surface area contributed by atoms with Crippen molar-refractivity contribution in [2.45, 2.75) is 142 Å². The molecule has 0 saturated carbocycles. The van der Waals surface area contributed by atoms with Crippen molar-refractivity contribution in [2.24, 2.45) is 0 Å². The number of nitrogens with zero attached hydrogens (tertiary/aromatic N) is 2. The Labute approximate surface area is 419 Å². The Kier molecular flexibility index (Phi) is 17.7. The lowest BCUT2D eigenvalue weighted by Gasteiger charge is -2.28. The topological polar surface area (TPSA) is 141 Å². The van der Waals surface area contributed by atoms with E-state index >= 15 is 0 Å². The highest BCUT2D eigenvalue weighted by Crippen LogP contribution is 2.45. The molecule has 0 saturated heterocycles. The molecule has 12 nitrogen and oxygen atoms in total. The van der Waals surface area contributed by atoms with Gasteiger partial charge in [-0.15, -0.1) is 45.3 Å². The third-order valence-corrected chi connectivity index (χ3v) is 17.7. The number of urea groups is 2. The van der Waals surface area contributed by atoms with Crippen LogP contribution in [-0.2, 0) is 86.4 Å². The number of carbonyl (C=O) groups is 4. The summed E-state index contributed by atoms with van der Waals surface area (Å²) >= 11 is 4.27. The second kappa shape index (κ2) is 23.1. The molecule has 384 valence electrons. The molecule has 0 radical (unpaired) electrons. The number of ether oxygens (including phenoxy) is 2. The van der Waals surface area contributed by atoms with Crippen molar-refractivity contribution < 1.29 is 55.0 Å². The van der Waals surface area contributed by atoms with Crippen molar-refractivity contribution in [2.75, 3.05) is 51.0 Å². The Balaban J connectivity index is 0.000000208. The van der Waals surface area contributed by atoms with Gasteiger partial charge in [0.15, 0.2) is 0 Å². The Hall–Kier alpha value is -4.22. The van der Waals surface area contributed by atoms with Crippen LogP contribution in [0.2, 0.25) is 0 Å². The molecule has 22 heteroatoms. The maximum Gasteiger partial charge on any atom is 0.425 e. The standard InChI is InChI=1S/C25H33F3N4O3S2.C23H27F3N2O3S2/c1-4-35-23(33)20-16-7-5-6-8-18(16)37-22(20)30-24(34)29-13-17-15-9-10-32(12-11-31(2)3)14-19(15)36-21(17)25(26,27)28;1-12(2)31-21(29)18-14-8-4-6-10-17(14)33-20(18)28-22(30)27-11-15-13-7-3-5-9-16(13)32-19(15)23(24,25)26/h4-14H2,1-3H3,(H2,29,30,34);12H,3-11H2,1-2H3,(H2,27,28,30). The van der Waals surface area contributed by atoms with Gasteiger partial charge in [0.05, 0.1) is 23.8 Å². The number of amides is 4. The van der Waals surface area contributed by atoms with Gasteiger partial charge < -0.3 is 25.0 Å². The van der Waals surface area contributed by atoms with Crippen molar-refractivity contribution in [1.82, 2.24) is 20.4 Å². The summed E-state index contributed by atoms with van der Waals surface area (Å²) in [6.45, 7) is 7.80. The van der Waals surface area contributed by atoms with Crippen LogP contribution in [0.5, 0.6) is 0 Å². The number of nitrogens with one attached hydrogen (secondary N) is 4. The maximum atomic E-state index is 13.9. The van der Waals surface area contributed by atoms with E-state index in [0.717, 1.165) is 131 Å². The second-order valence-corrected chi connectivity index (χ2v) is 22.7. The van der Waals surface area contributed by atoms with E-state index in [1.54, 1.807) is 20.8 Å². The molecule has 1 aliphatic heterocycles. The monoisotopic (exact) mass is 1060 g/mol. The molecule has 3 aliphatic carbocycles. The molecule has 4 aliphatic rings. The highest BCUT2D eigenvalue weighted by atomic mass is 32.1. The fourth-order valence-corrected chi connectivity index (χ4v) is 14.5. The van der Waals surface area contributed by atoms with Gasteiger partial charge in [-0.25, -0.2) is 19.2 Å². The largest absolute Gasteiger partial charge is 0.462 e. The minimum absolute atomic E-state index is 0.144. The summed E-state index contributed by atoms with van der Waals surface area (Å²) in [6, 6.07) is -1.27. The number of hydrogen-bond donors (Lipinski definition) is 4. The van der Waals surface area contributed by atoms with Gasteiger partial charge in [-0.2, -0.15) is 26.3 Å². The molecule has 4 amide bonds. The van der Waals surface area contributed by atoms with E-state index in [-0.39, 0.29) is 36.9 Å². The van der Waals surface area contributed by atoms with E-state index in [2.05, 4.69) is 31.1 Å². The van der Waals surface area contributed by atoms with Crippen molar-refractivity contribution in [3.63, 3.8) is 0 Å². The SMILES string of the molecule is CC(C)OC(=O)c1c(NC(=O)NCc2c(C(F)(F)F)sc3c2CCCC3)sc2c1CCCC2.CCOC(=O)c1c(NC(=O)NCc2c(C(F)(F)F)sc3c2CCN(CCN(C)C)C3)sc2c1CCCC2. The Bertz CT molecular complexity index is 2540. The van der Waals surface area contributed by atoms with E-state index in [4.69, 9.17) is 9.47 Å². The van der Waals surface area contributed by atoms with Crippen molar-refractivity contribution in [3.05, 3.63) is 73.8 Å². The normalized spacial score (nSPS) is 15.8. The first-order valence-corrected chi connectivity index (χ1v) is 27.0. The second-order valence-electron chi connectivity index (χ2n) is 18.3. The van der Waals surface area contributed by atoms with E-state index in [9.17, 15) is 45.5 Å². The molecule has 0 aromatic carbocycles. The fraction of sp³-hybridized carbons (Fsp3) is 0.583. The molecule has 0 fully saturated rings. The summed E-state index contributed by atoms with van der Waals surface area (Å²) in [5.41, 5.74) is 4.31. The van der Waals surface area contributed by atoms with Gasteiger partial charge in [-0.1, -0.05) is 0 Å². The first kappa shape index (κ1) is 53.6. The lowest BCUT2D eigenvalue weighted by atomic mass is 9.94. The van der Waals surface area contributed by atoms with Crippen molar-refractivity contribution in [1.29, 1.82) is 0 Å². The summed E-state index contributed by atoms with van der Waals surface area (Å²) in [5, 5.41) is 11.4. The quantitative estimate of drug-likeness (QED) is 0.0766. The molecule has 4 N–H and O–H groups in total. The zero-order valence-electron chi connectivity index (χ0n) is 40.0. The lowest BCUT2D eigenvalue weighted by molar-refractivity contribution is -0.135. The molecule has 0 spiro atoms. The van der Waals surface area contributed by atoms with Gasteiger partial charge in [-0.05, 0) is 152 Å². The molecule has 5 heterocycles. The van der Waals surface area contributed by atoms with Crippen LogP contribution in [0.4, 0.5) is 45.9 Å². The number of likely N-dealkylation sites (N-methyl/N-ethyl adjacent to an activating group) is 1. The van der Waals surface area contributed by atoms with Gasteiger partial charge in [0.2, 0.25) is 0 Å². The highest BCUT2D eigenvalue weighted by Gasteiger charge is 2.40. The lowest BCUT2D eigenvalue weighted by Crippen LogP contribution is -2.35. The van der Waals surface area contributed by atoms with E-state index in [1.165, 1.54) is 22.7 Å². The predicted molar refractivity (Wildman–Crippen MR) is 263 cm³/mol. The Morgan fingerprint density at radius 1 is 0.629 bits per heavy atom. The van der Waals surface area contributed by atoms with Crippen LogP contribution < -0.4 is 21.3 Å². The Morgan fingerprint density at radius 3 is 1.54 bits per heavy atom. The molecule has 8 rings (SSSR count). The highest BCUT2D eigenvalue weighted by molar-refractivity contribution is 7.17. The molecular formula is C48H60F6N6O6S4. The number of hydrogen-bond acceptors (Lipinski definition) is 12. The average molecular weight is 1060 g/mol. The van der Waals surface area contributed by atoms with E-state index in [1.807, 2.05) is 14.1 Å². The van der Waals surface area contributed by atoms with Crippen LogP contribution in [-0.4, -0.2) is 80.2 Å². The van der Waals surface area contributed by atoms with E-state index < -0.39 is 46.1 Å². The molecule has 0 unspecified atom stereocenters. The van der Waals surface area contributed by atoms with Crippen LogP contribution in [0.3, 0.4) is 0 Å². The number of alkyl halides is 6. The minimum Gasteiger partial charge on any atom is -0.462 e. The van der Waals surface area contributed by atoms with Crippen LogP contribution in [0.1, 0.15) is 143 Å². The molecule has 0 bridgehead atoms. The smallest absolute Gasteiger partial charge is 0.425 e. The number of carbonyl (C=O) groups excluding carboxylic acids is 4. The van der Waals surface area contributed by atoms with E-state index in [0.29, 0.717) is 63.9 Å². The molecule has 70 heavy (non-hydrogen) atoms. The number of halogens is 6. The number of anilines is 2. The average Bonchev–Trinajstić information content (AvgIpc) is 4.06. The zero-order chi connectivity index (χ0) is 50.5. The number of thiophene rings is 4. The first-order chi connectivity index (χ1) is 33.2. The number of rotatable bonds is 13. The predicted octanol–water partition coefficient (Wildman–Crippen LogP) is 11.6. The van der Waals surface area contributed by atoms with Gasteiger partial charge in [0.25, 0.3) is 0 Å². The van der Waals surface area contributed by atoms with Crippen molar-refractivity contribution in [3.8, 4) is 0 Å². The zero-order valence-corrected chi connectivity index (χ0v) is 43.2. The van der Waals surface area contributed by atoms with Gasteiger partial charge in [-0.3, -0.25) is 15.5 Å². The summed E-state index contributed by atoms with van der Waals surface area (Å²) in [7, 11) is 3.94. The van der Waals surface area contributed by atoms with Crippen LogP contribution in [0.15, 0.2) is 0 Å². The summed E-state index contributed by atoms with van der Waals surface area (Å²) < 4.78 is 93.2. The summed E-state index contributed by atoms with van der Waals surface area (Å²) in [4.78, 5) is 57.4. The third kappa shape index (κ3) is 12.9. The number of fused-ring (bicyclic) bond motifs is 4. The number of esters is 2. The van der Waals surface area contributed by atoms with Crippen LogP contribution in [0, 0.1) is 0 Å². The summed E-state index contributed by atoms with van der Waals surface area (Å²) in [5.74, 6) is -0.965. The summed E-state index contributed by atoms with van der Waals surface area (Å²) in [6.07, 6.45) is 1.35. The number of aryl methyl sites for hydroxylation is 3. The fourth-order valence-electron chi connectivity index (χ4n) is 9.37. The maximum absolute atomic E-state index is 13.9. The van der Waals surface area contributed by atoms with Gasteiger partial charge >= 0.3 is 36.4 Å². The Morgan fingerprint density at radius 2 is 1.07 bits per heavy atom. The minimum atomic E-state index is -4.49. The van der Waals surface area contributed by atoms with Gasteiger partial charge in [0, 0.05) is 58.8 Å². The van der Waals surface area contributed by atoms with Gasteiger partial charge in [0.1, 0.15) is 19.8 Å². The third-order valence-electron chi connectivity index (χ3n) is 12.6. The van der Waals surface area contributed by atoms with Crippen LogP contribution in [0.25, 0.3) is 0 Å². The van der Waals surface area contributed by atoms with Crippen LogP contribution >= 0.6 is 45.3 Å². The molecular weight excluding hydrogens is 999 g/mol.